The topological polar surface area (TPSA) is 49.4 Å². The lowest BCUT2D eigenvalue weighted by atomic mass is 10.1. The van der Waals surface area contributed by atoms with Gasteiger partial charge >= 0.3 is 0 Å². The van der Waals surface area contributed by atoms with Gasteiger partial charge in [-0.1, -0.05) is 44.2 Å². The number of carbonyl (C=O) groups is 2. The first kappa shape index (κ1) is 17.2. The van der Waals surface area contributed by atoms with E-state index >= 15 is 0 Å². The standard InChI is InChI=1S/C17H26N2O2/c1-4-9-16(20)19(15(5-2)17(21)18-3)13-12-14-10-7-6-8-11-14/h6-8,10-11,15H,4-5,9,12-13H2,1-3H3,(H,18,21)/t15-/m1/s1. The highest BCUT2D eigenvalue weighted by atomic mass is 16.2. The number of likely N-dealkylation sites (N-methyl/N-ethyl adjacent to an activating group) is 1. The van der Waals surface area contributed by atoms with Gasteiger partial charge in [-0.25, -0.2) is 0 Å². The van der Waals surface area contributed by atoms with E-state index in [9.17, 15) is 9.59 Å². The molecule has 0 aromatic heterocycles. The van der Waals surface area contributed by atoms with Crippen molar-refractivity contribution >= 4 is 11.8 Å². The molecule has 0 bridgehead atoms. The summed E-state index contributed by atoms with van der Waals surface area (Å²) in [6.07, 6.45) is 2.68. The molecule has 0 fully saturated rings. The van der Waals surface area contributed by atoms with Crippen LogP contribution in [0.3, 0.4) is 0 Å². The van der Waals surface area contributed by atoms with Crippen LogP contribution in [0.5, 0.6) is 0 Å². The summed E-state index contributed by atoms with van der Waals surface area (Å²) in [5.41, 5.74) is 1.18. The molecule has 0 aliphatic carbocycles. The zero-order valence-corrected chi connectivity index (χ0v) is 13.3. The fraction of sp³-hybridized carbons (Fsp3) is 0.529. The zero-order valence-electron chi connectivity index (χ0n) is 13.3. The van der Waals surface area contributed by atoms with E-state index in [-0.39, 0.29) is 17.9 Å². The number of rotatable bonds is 8. The van der Waals surface area contributed by atoms with Crippen molar-refractivity contribution in [2.75, 3.05) is 13.6 Å². The molecule has 0 radical (unpaired) electrons. The van der Waals surface area contributed by atoms with Crippen molar-refractivity contribution in [3.05, 3.63) is 35.9 Å². The van der Waals surface area contributed by atoms with E-state index in [0.29, 0.717) is 19.4 Å². The maximum atomic E-state index is 12.3. The van der Waals surface area contributed by atoms with E-state index in [1.54, 1.807) is 11.9 Å². The summed E-state index contributed by atoms with van der Waals surface area (Å²) in [5.74, 6) is -0.0288. The molecule has 4 heteroatoms. The van der Waals surface area contributed by atoms with Crippen LogP contribution in [0.2, 0.25) is 0 Å². The Hall–Kier alpha value is -1.84. The number of hydrogen-bond acceptors (Lipinski definition) is 2. The number of amides is 2. The zero-order chi connectivity index (χ0) is 15.7. The van der Waals surface area contributed by atoms with Crippen molar-refractivity contribution in [2.24, 2.45) is 0 Å². The third kappa shape index (κ3) is 5.21. The summed E-state index contributed by atoms with van der Waals surface area (Å²) in [7, 11) is 1.62. The largest absolute Gasteiger partial charge is 0.357 e. The molecule has 1 atom stereocenters. The predicted octanol–water partition coefficient (Wildman–Crippen LogP) is 2.38. The highest BCUT2D eigenvalue weighted by molar-refractivity contribution is 5.87. The molecule has 1 rings (SSSR count). The van der Waals surface area contributed by atoms with Crippen LogP contribution in [-0.4, -0.2) is 36.3 Å². The van der Waals surface area contributed by atoms with Crippen molar-refractivity contribution in [3.63, 3.8) is 0 Å². The molecule has 1 aromatic carbocycles. The SMILES string of the molecule is CCCC(=O)N(CCc1ccccc1)[C@H](CC)C(=O)NC. The van der Waals surface area contributed by atoms with E-state index in [1.165, 1.54) is 5.56 Å². The third-order valence-electron chi connectivity index (χ3n) is 3.58. The summed E-state index contributed by atoms with van der Waals surface area (Å²) in [5, 5.41) is 2.66. The lowest BCUT2D eigenvalue weighted by Crippen LogP contribution is -2.49. The van der Waals surface area contributed by atoms with Gasteiger partial charge in [-0.3, -0.25) is 9.59 Å². The van der Waals surface area contributed by atoms with Crippen LogP contribution in [0.15, 0.2) is 30.3 Å². The van der Waals surface area contributed by atoms with Crippen LogP contribution in [0.25, 0.3) is 0 Å². The van der Waals surface area contributed by atoms with E-state index in [0.717, 1.165) is 12.8 Å². The van der Waals surface area contributed by atoms with E-state index < -0.39 is 0 Å². The molecule has 4 nitrogen and oxygen atoms in total. The average molecular weight is 290 g/mol. The van der Waals surface area contributed by atoms with Gasteiger partial charge in [0.15, 0.2) is 0 Å². The number of benzene rings is 1. The average Bonchev–Trinajstić information content (AvgIpc) is 2.51. The fourth-order valence-corrected chi connectivity index (χ4v) is 2.42. The van der Waals surface area contributed by atoms with Gasteiger partial charge in [0.05, 0.1) is 0 Å². The van der Waals surface area contributed by atoms with Gasteiger partial charge in [0.25, 0.3) is 0 Å². The van der Waals surface area contributed by atoms with Gasteiger partial charge in [0.1, 0.15) is 6.04 Å². The van der Waals surface area contributed by atoms with Crippen molar-refractivity contribution in [1.29, 1.82) is 0 Å². The Bertz CT molecular complexity index is 445. The molecule has 0 aliphatic heterocycles. The Labute approximate surface area is 127 Å². The summed E-state index contributed by atoms with van der Waals surface area (Å²) in [4.78, 5) is 26.1. The highest BCUT2D eigenvalue weighted by Crippen LogP contribution is 2.11. The summed E-state index contributed by atoms with van der Waals surface area (Å²) < 4.78 is 0. The number of carbonyl (C=O) groups excluding carboxylic acids is 2. The quantitative estimate of drug-likeness (QED) is 0.799. The first-order valence-corrected chi connectivity index (χ1v) is 7.69. The second-order valence-electron chi connectivity index (χ2n) is 5.11. The molecule has 1 N–H and O–H groups in total. The van der Waals surface area contributed by atoms with E-state index in [4.69, 9.17) is 0 Å². The maximum Gasteiger partial charge on any atom is 0.242 e. The molecule has 0 saturated heterocycles. The van der Waals surface area contributed by atoms with Crippen LogP contribution in [0.4, 0.5) is 0 Å². The molecular formula is C17H26N2O2. The number of nitrogens with one attached hydrogen (secondary N) is 1. The highest BCUT2D eigenvalue weighted by Gasteiger charge is 2.26. The minimum Gasteiger partial charge on any atom is -0.357 e. The van der Waals surface area contributed by atoms with Gasteiger partial charge < -0.3 is 10.2 Å². The molecule has 0 aliphatic rings. The molecule has 21 heavy (non-hydrogen) atoms. The minimum atomic E-state index is -0.377. The summed E-state index contributed by atoms with van der Waals surface area (Å²) in [6.45, 7) is 4.50. The Morgan fingerprint density at radius 2 is 1.86 bits per heavy atom. The summed E-state index contributed by atoms with van der Waals surface area (Å²) in [6, 6.07) is 9.67. The molecule has 0 saturated carbocycles. The Morgan fingerprint density at radius 3 is 2.38 bits per heavy atom. The second kappa shape index (κ2) is 9.16. The molecule has 0 heterocycles. The normalized spacial score (nSPS) is 11.8. The first-order chi connectivity index (χ1) is 10.1. The smallest absolute Gasteiger partial charge is 0.242 e. The molecule has 1 aromatic rings. The number of hydrogen-bond donors (Lipinski definition) is 1. The monoisotopic (exact) mass is 290 g/mol. The van der Waals surface area contributed by atoms with Crippen LogP contribution in [0.1, 0.15) is 38.7 Å². The van der Waals surface area contributed by atoms with Gasteiger partial charge in [0.2, 0.25) is 11.8 Å². The Morgan fingerprint density at radius 1 is 1.19 bits per heavy atom. The molecule has 0 spiro atoms. The third-order valence-corrected chi connectivity index (χ3v) is 3.58. The van der Waals surface area contributed by atoms with Crippen LogP contribution in [-0.2, 0) is 16.0 Å². The van der Waals surface area contributed by atoms with E-state index in [2.05, 4.69) is 5.32 Å². The fourth-order valence-electron chi connectivity index (χ4n) is 2.42. The molecule has 2 amide bonds. The van der Waals surface area contributed by atoms with Crippen molar-refractivity contribution in [1.82, 2.24) is 10.2 Å². The number of nitrogens with zero attached hydrogens (tertiary/aromatic N) is 1. The lowest BCUT2D eigenvalue weighted by molar-refractivity contribution is -0.140. The predicted molar refractivity (Wildman–Crippen MR) is 84.9 cm³/mol. The van der Waals surface area contributed by atoms with E-state index in [1.807, 2.05) is 44.2 Å². The van der Waals surface area contributed by atoms with Crippen molar-refractivity contribution in [2.45, 2.75) is 45.6 Å². The van der Waals surface area contributed by atoms with Crippen LogP contribution in [0, 0.1) is 0 Å². The van der Waals surface area contributed by atoms with Gasteiger partial charge in [-0.15, -0.1) is 0 Å². The summed E-state index contributed by atoms with van der Waals surface area (Å²) >= 11 is 0. The second-order valence-corrected chi connectivity index (χ2v) is 5.11. The van der Waals surface area contributed by atoms with Crippen molar-refractivity contribution < 1.29 is 9.59 Å². The van der Waals surface area contributed by atoms with Gasteiger partial charge in [0, 0.05) is 20.0 Å². The van der Waals surface area contributed by atoms with Gasteiger partial charge in [-0.2, -0.15) is 0 Å². The van der Waals surface area contributed by atoms with Crippen molar-refractivity contribution in [3.8, 4) is 0 Å². The molecule has 116 valence electrons. The Balaban J connectivity index is 2.80. The lowest BCUT2D eigenvalue weighted by Gasteiger charge is -2.30. The van der Waals surface area contributed by atoms with Gasteiger partial charge in [-0.05, 0) is 24.8 Å². The maximum absolute atomic E-state index is 12.3. The Kier molecular flexibility index (Phi) is 7.51. The first-order valence-electron chi connectivity index (χ1n) is 7.69. The minimum absolute atomic E-state index is 0.0591. The molecule has 0 unspecified atom stereocenters. The molecular weight excluding hydrogens is 264 g/mol. The van der Waals surface area contributed by atoms with Crippen LogP contribution >= 0.6 is 0 Å². The van der Waals surface area contributed by atoms with Crippen LogP contribution < -0.4 is 5.32 Å².